The van der Waals surface area contributed by atoms with E-state index >= 15 is 0 Å². The summed E-state index contributed by atoms with van der Waals surface area (Å²) in [6.07, 6.45) is -0.0738. The third kappa shape index (κ3) is 5.34. The zero-order valence-corrected chi connectivity index (χ0v) is 22.8. The highest BCUT2D eigenvalue weighted by Gasteiger charge is 2.47. The molecule has 3 aromatic carbocycles. The molecule has 1 aliphatic rings. The van der Waals surface area contributed by atoms with Crippen LogP contribution in [0.25, 0.3) is 5.76 Å². The smallest absolute Gasteiger partial charge is 0.300 e. The number of ketones is 1. The van der Waals surface area contributed by atoms with Gasteiger partial charge in [-0.05, 0) is 80.9 Å². The summed E-state index contributed by atoms with van der Waals surface area (Å²) in [5, 5.41) is 11.7. The Hall–Kier alpha value is -3.97. The number of halogens is 1. The number of hydrogen-bond donors (Lipinski definition) is 1. The predicted octanol–water partition coefficient (Wildman–Crippen LogP) is 6.22. The minimum absolute atomic E-state index is 0.0658. The molecule has 1 atom stereocenters. The van der Waals surface area contributed by atoms with E-state index in [-0.39, 0.29) is 28.0 Å². The topological polar surface area (TPSA) is 79.3 Å². The third-order valence-electron chi connectivity index (χ3n) is 6.14. The summed E-state index contributed by atoms with van der Waals surface area (Å²) in [5.41, 5.74) is 2.21. The van der Waals surface area contributed by atoms with Gasteiger partial charge in [0.1, 0.15) is 17.3 Å². The number of hydrogen-bond acceptors (Lipinski definition) is 6. The lowest BCUT2D eigenvalue weighted by atomic mass is 9.94. The first kappa shape index (κ1) is 27.1. The quantitative estimate of drug-likeness (QED) is 0.210. The van der Waals surface area contributed by atoms with E-state index in [4.69, 9.17) is 21.1 Å². The SMILES string of the molecule is CCOc1ccc(Cl)c(/C(O)=C2\C(=O)C(=O)N(c3ccc(N(C)C)cc3)C2c2cccc(OC(C)C)c2)c1. The average molecular weight is 535 g/mol. The largest absolute Gasteiger partial charge is 0.507 e. The van der Waals surface area contributed by atoms with E-state index in [9.17, 15) is 14.7 Å². The van der Waals surface area contributed by atoms with Crippen molar-refractivity contribution in [3.05, 3.63) is 88.5 Å². The van der Waals surface area contributed by atoms with Gasteiger partial charge in [0.15, 0.2) is 0 Å². The molecule has 1 saturated heterocycles. The van der Waals surface area contributed by atoms with Crippen LogP contribution in [0.2, 0.25) is 5.02 Å². The molecule has 1 amide bonds. The van der Waals surface area contributed by atoms with Crippen molar-refractivity contribution in [2.45, 2.75) is 32.9 Å². The number of aliphatic hydroxyl groups excluding tert-OH is 1. The third-order valence-corrected chi connectivity index (χ3v) is 6.47. The normalized spacial score (nSPS) is 16.7. The molecule has 0 bridgehead atoms. The Labute approximate surface area is 227 Å². The van der Waals surface area contributed by atoms with Crippen LogP contribution >= 0.6 is 11.6 Å². The van der Waals surface area contributed by atoms with Crippen molar-refractivity contribution in [1.82, 2.24) is 0 Å². The van der Waals surface area contributed by atoms with Gasteiger partial charge in [0.05, 0.1) is 29.3 Å². The molecule has 0 aliphatic carbocycles. The van der Waals surface area contributed by atoms with E-state index in [1.165, 1.54) is 4.90 Å². The lowest BCUT2D eigenvalue weighted by Crippen LogP contribution is -2.29. The van der Waals surface area contributed by atoms with Crippen molar-refractivity contribution in [1.29, 1.82) is 0 Å². The Balaban J connectivity index is 1.93. The van der Waals surface area contributed by atoms with Crippen molar-refractivity contribution in [3.63, 3.8) is 0 Å². The van der Waals surface area contributed by atoms with Crippen LogP contribution in [0.4, 0.5) is 11.4 Å². The fraction of sp³-hybridized carbons (Fsp3) is 0.267. The van der Waals surface area contributed by atoms with Gasteiger partial charge in [0, 0.05) is 31.0 Å². The van der Waals surface area contributed by atoms with Gasteiger partial charge in [0.25, 0.3) is 11.7 Å². The molecular formula is C30H31ClN2O5. The molecule has 3 aromatic rings. The van der Waals surface area contributed by atoms with E-state index in [1.54, 1.807) is 48.5 Å². The minimum Gasteiger partial charge on any atom is -0.507 e. The van der Waals surface area contributed by atoms with E-state index in [2.05, 4.69) is 0 Å². The molecule has 1 fully saturated rings. The Bertz CT molecular complexity index is 1380. The van der Waals surface area contributed by atoms with Crippen LogP contribution in [0.15, 0.2) is 72.3 Å². The summed E-state index contributed by atoms with van der Waals surface area (Å²) in [6.45, 7) is 6.09. The number of ether oxygens (including phenoxy) is 2. The predicted molar refractivity (Wildman–Crippen MR) is 150 cm³/mol. The van der Waals surface area contributed by atoms with E-state index in [1.807, 2.05) is 58.0 Å². The van der Waals surface area contributed by atoms with Gasteiger partial charge in [0.2, 0.25) is 0 Å². The first-order valence-corrected chi connectivity index (χ1v) is 12.8. The van der Waals surface area contributed by atoms with Gasteiger partial charge < -0.3 is 19.5 Å². The molecular weight excluding hydrogens is 504 g/mol. The standard InChI is InChI=1S/C30H31ClN2O5/c1-6-37-22-14-15-25(31)24(17-22)28(34)26-27(19-8-7-9-23(16-19)38-18(2)3)33(30(36)29(26)35)21-12-10-20(11-13-21)32(4)5/h7-18,27,34H,6H2,1-5H3/b28-26+. The van der Waals surface area contributed by atoms with Crippen LogP contribution in [0, 0.1) is 0 Å². The fourth-order valence-electron chi connectivity index (χ4n) is 4.44. The molecule has 0 aromatic heterocycles. The van der Waals surface area contributed by atoms with Crippen molar-refractivity contribution in [2.75, 3.05) is 30.5 Å². The zero-order chi connectivity index (χ0) is 27.6. The lowest BCUT2D eigenvalue weighted by Gasteiger charge is -2.26. The van der Waals surface area contributed by atoms with Crippen LogP contribution < -0.4 is 19.3 Å². The molecule has 0 radical (unpaired) electrons. The summed E-state index contributed by atoms with van der Waals surface area (Å²) in [7, 11) is 3.84. The molecule has 4 rings (SSSR count). The van der Waals surface area contributed by atoms with Crippen LogP contribution in [0.3, 0.4) is 0 Å². The second-order valence-corrected chi connectivity index (χ2v) is 9.80. The van der Waals surface area contributed by atoms with Crippen molar-refractivity contribution < 1.29 is 24.2 Å². The van der Waals surface area contributed by atoms with E-state index < -0.39 is 17.7 Å². The van der Waals surface area contributed by atoms with Crippen molar-refractivity contribution >= 4 is 40.4 Å². The number of nitrogens with zero attached hydrogens (tertiary/aromatic N) is 2. The van der Waals surface area contributed by atoms with Crippen molar-refractivity contribution in [2.24, 2.45) is 0 Å². The second kappa shape index (κ2) is 11.2. The molecule has 1 unspecified atom stereocenters. The molecule has 8 heteroatoms. The van der Waals surface area contributed by atoms with Gasteiger partial charge in [-0.3, -0.25) is 14.5 Å². The Morgan fingerprint density at radius 3 is 2.37 bits per heavy atom. The number of Topliss-reactive ketones (excluding diaryl/α,β-unsaturated/α-hetero) is 1. The molecule has 1 N–H and O–H groups in total. The molecule has 1 heterocycles. The maximum Gasteiger partial charge on any atom is 0.300 e. The molecule has 0 saturated carbocycles. The Kier molecular flexibility index (Phi) is 7.97. The average Bonchev–Trinajstić information content (AvgIpc) is 3.15. The number of amides is 1. The van der Waals surface area contributed by atoms with Gasteiger partial charge in [-0.1, -0.05) is 23.7 Å². The maximum absolute atomic E-state index is 13.5. The monoisotopic (exact) mass is 534 g/mol. The number of rotatable bonds is 8. The van der Waals surface area contributed by atoms with E-state index in [0.717, 1.165) is 5.69 Å². The lowest BCUT2D eigenvalue weighted by molar-refractivity contribution is -0.132. The molecule has 0 spiro atoms. The molecule has 7 nitrogen and oxygen atoms in total. The number of anilines is 2. The number of carbonyl (C=O) groups excluding carboxylic acids is 2. The highest BCUT2D eigenvalue weighted by atomic mass is 35.5. The molecule has 198 valence electrons. The van der Waals surface area contributed by atoms with Crippen LogP contribution in [-0.4, -0.2) is 43.6 Å². The number of benzene rings is 3. The van der Waals surface area contributed by atoms with Gasteiger partial charge >= 0.3 is 0 Å². The summed E-state index contributed by atoms with van der Waals surface area (Å²) >= 11 is 6.45. The van der Waals surface area contributed by atoms with E-state index in [0.29, 0.717) is 29.4 Å². The molecule has 1 aliphatic heterocycles. The summed E-state index contributed by atoms with van der Waals surface area (Å²) < 4.78 is 11.5. The summed E-state index contributed by atoms with van der Waals surface area (Å²) in [6, 6.07) is 18.4. The Morgan fingerprint density at radius 2 is 1.74 bits per heavy atom. The number of carbonyl (C=O) groups is 2. The van der Waals surface area contributed by atoms with Gasteiger partial charge in [-0.2, -0.15) is 0 Å². The van der Waals surface area contributed by atoms with Crippen molar-refractivity contribution in [3.8, 4) is 11.5 Å². The number of aliphatic hydroxyl groups is 1. The summed E-state index contributed by atoms with van der Waals surface area (Å²) in [4.78, 5) is 30.4. The van der Waals surface area contributed by atoms with Gasteiger partial charge in [-0.15, -0.1) is 0 Å². The fourth-order valence-corrected chi connectivity index (χ4v) is 4.65. The summed E-state index contributed by atoms with van der Waals surface area (Å²) in [5.74, 6) is -0.862. The van der Waals surface area contributed by atoms with Crippen LogP contribution in [0.5, 0.6) is 11.5 Å². The highest BCUT2D eigenvalue weighted by Crippen LogP contribution is 2.44. The highest BCUT2D eigenvalue weighted by molar-refractivity contribution is 6.52. The van der Waals surface area contributed by atoms with Crippen LogP contribution in [-0.2, 0) is 9.59 Å². The van der Waals surface area contributed by atoms with Gasteiger partial charge in [-0.25, -0.2) is 0 Å². The second-order valence-electron chi connectivity index (χ2n) is 9.39. The Morgan fingerprint density at radius 1 is 1.03 bits per heavy atom. The van der Waals surface area contributed by atoms with Crippen LogP contribution in [0.1, 0.15) is 37.9 Å². The maximum atomic E-state index is 13.5. The molecule has 38 heavy (non-hydrogen) atoms. The first-order valence-electron chi connectivity index (χ1n) is 12.4. The zero-order valence-electron chi connectivity index (χ0n) is 22.1. The minimum atomic E-state index is -0.914. The first-order chi connectivity index (χ1) is 18.1.